The van der Waals surface area contributed by atoms with Gasteiger partial charge in [-0.15, -0.1) is 5.10 Å². The van der Waals surface area contributed by atoms with Crippen LogP contribution < -0.4 is 10.9 Å². The summed E-state index contributed by atoms with van der Waals surface area (Å²) < 4.78 is 14.8. The lowest BCUT2D eigenvalue weighted by Crippen LogP contribution is -2.29. The number of H-pyrrole nitrogens is 1. The largest absolute Gasteiger partial charge is 0.396 e. The molecule has 4 rings (SSSR count). The van der Waals surface area contributed by atoms with E-state index in [0.717, 1.165) is 5.56 Å². The van der Waals surface area contributed by atoms with E-state index in [1.54, 1.807) is 30.5 Å². The molecule has 1 unspecified atom stereocenters. The number of aryl methyl sites for hydroxylation is 1. The van der Waals surface area contributed by atoms with Crippen LogP contribution in [0.25, 0.3) is 16.9 Å². The van der Waals surface area contributed by atoms with Crippen molar-refractivity contribution in [3.05, 3.63) is 92.1 Å². The maximum atomic E-state index is 13.4. The summed E-state index contributed by atoms with van der Waals surface area (Å²) in [5.41, 5.74) is 3.01. The van der Waals surface area contributed by atoms with Crippen molar-refractivity contribution in [1.82, 2.24) is 19.9 Å². The van der Waals surface area contributed by atoms with Gasteiger partial charge in [0.15, 0.2) is 5.82 Å². The highest BCUT2D eigenvalue weighted by atomic mass is 35.5. The number of amides is 1. The minimum atomic E-state index is -0.532. The molecule has 2 heterocycles. The molecule has 0 fully saturated rings. The molecule has 0 saturated carbocycles. The van der Waals surface area contributed by atoms with Gasteiger partial charge in [0.2, 0.25) is 0 Å². The lowest BCUT2D eigenvalue weighted by molar-refractivity contribution is 0.0929. The zero-order chi connectivity index (χ0) is 25.3. The SMILES string of the molecule is Cc1cc(-c2nn3cc(C(=O)NC(CCO)c4ccc(F)cc4)c(C(C)C)c3c(=O)[nH]2)ccc1Cl. The van der Waals surface area contributed by atoms with Crippen molar-refractivity contribution in [2.75, 3.05) is 6.61 Å². The standard InChI is InChI=1S/C26H26ClFN4O3/c1-14(2)22-19(25(34)29-21(10-11-33)16-4-7-18(28)8-5-16)13-32-23(22)26(35)30-24(31-32)17-6-9-20(27)15(3)12-17/h4-9,12-14,21,33H,10-11H2,1-3H3,(H,29,34)(H,30,31,35). The van der Waals surface area contributed by atoms with Crippen LogP contribution in [0.3, 0.4) is 0 Å². The average Bonchev–Trinajstić information content (AvgIpc) is 3.22. The number of rotatable bonds is 7. The molecule has 0 saturated heterocycles. The summed E-state index contributed by atoms with van der Waals surface area (Å²) in [6, 6.07) is 10.6. The highest BCUT2D eigenvalue weighted by Crippen LogP contribution is 2.27. The van der Waals surface area contributed by atoms with E-state index < -0.39 is 11.9 Å². The fourth-order valence-corrected chi connectivity index (χ4v) is 4.30. The number of carbonyl (C=O) groups excluding carboxylic acids is 1. The summed E-state index contributed by atoms with van der Waals surface area (Å²) in [5.74, 6) is -0.593. The predicted octanol–water partition coefficient (Wildman–Crippen LogP) is 4.77. The lowest BCUT2D eigenvalue weighted by atomic mass is 9.98. The van der Waals surface area contributed by atoms with Crippen LogP contribution in [-0.2, 0) is 0 Å². The Morgan fingerprint density at radius 1 is 1.23 bits per heavy atom. The number of fused-ring (bicyclic) bond motifs is 1. The molecule has 1 atom stereocenters. The Labute approximate surface area is 206 Å². The van der Waals surface area contributed by atoms with Crippen LogP contribution in [0.15, 0.2) is 53.5 Å². The Morgan fingerprint density at radius 2 is 1.94 bits per heavy atom. The first kappa shape index (κ1) is 24.6. The quantitative estimate of drug-likeness (QED) is 0.343. The molecule has 0 bridgehead atoms. The number of aliphatic hydroxyl groups excluding tert-OH is 1. The first-order valence-electron chi connectivity index (χ1n) is 11.3. The molecule has 7 nitrogen and oxygen atoms in total. The summed E-state index contributed by atoms with van der Waals surface area (Å²) in [6.45, 7) is 5.49. The second kappa shape index (κ2) is 10.0. The van der Waals surface area contributed by atoms with Gasteiger partial charge in [0, 0.05) is 29.0 Å². The lowest BCUT2D eigenvalue weighted by Gasteiger charge is -2.19. The normalized spacial score (nSPS) is 12.3. The molecule has 2 aromatic carbocycles. The van der Waals surface area contributed by atoms with Crippen LogP contribution in [0.5, 0.6) is 0 Å². The Bertz CT molecular complexity index is 1440. The second-order valence-electron chi connectivity index (χ2n) is 8.76. The average molecular weight is 497 g/mol. The number of benzene rings is 2. The van der Waals surface area contributed by atoms with Gasteiger partial charge in [0.05, 0.1) is 11.6 Å². The number of aliphatic hydroxyl groups is 1. The number of nitrogens with zero attached hydrogens (tertiary/aromatic N) is 2. The third-order valence-electron chi connectivity index (χ3n) is 5.93. The van der Waals surface area contributed by atoms with Crippen LogP contribution in [0.4, 0.5) is 4.39 Å². The number of aromatic amines is 1. The summed E-state index contributed by atoms with van der Waals surface area (Å²) in [7, 11) is 0. The van der Waals surface area contributed by atoms with Crippen LogP contribution in [0, 0.1) is 12.7 Å². The van der Waals surface area contributed by atoms with Gasteiger partial charge in [0.1, 0.15) is 11.3 Å². The predicted molar refractivity (Wildman–Crippen MR) is 133 cm³/mol. The maximum absolute atomic E-state index is 13.4. The van der Waals surface area contributed by atoms with Gasteiger partial charge in [-0.3, -0.25) is 9.59 Å². The second-order valence-corrected chi connectivity index (χ2v) is 9.17. The first-order chi connectivity index (χ1) is 16.7. The number of hydrogen-bond donors (Lipinski definition) is 3. The van der Waals surface area contributed by atoms with E-state index in [9.17, 15) is 19.1 Å². The van der Waals surface area contributed by atoms with Gasteiger partial charge in [-0.1, -0.05) is 37.6 Å². The van der Waals surface area contributed by atoms with Crippen molar-refractivity contribution in [2.45, 2.75) is 39.2 Å². The van der Waals surface area contributed by atoms with Crippen LogP contribution in [-0.4, -0.2) is 32.2 Å². The maximum Gasteiger partial charge on any atom is 0.275 e. The summed E-state index contributed by atoms with van der Waals surface area (Å²) in [6.07, 6.45) is 1.79. The van der Waals surface area contributed by atoms with Crippen molar-refractivity contribution in [3.63, 3.8) is 0 Å². The van der Waals surface area contributed by atoms with Gasteiger partial charge >= 0.3 is 0 Å². The van der Waals surface area contributed by atoms with E-state index in [2.05, 4.69) is 15.4 Å². The molecular formula is C26H26ClFN4O3. The molecule has 9 heteroatoms. The number of aromatic nitrogens is 3. The molecule has 35 heavy (non-hydrogen) atoms. The minimum absolute atomic E-state index is 0.144. The van der Waals surface area contributed by atoms with Crippen LogP contribution >= 0.6 is 11.6 Å². The molecule has 1 amide bonds. The zero-order valence-corrected chi connectivity index (χ0v) is 20.4. The monoisotopic (exact) mass is 496 g/mol. The van der Waals surface area contributed by atoms with Gasteiger partial charge in [0.25, 0.3) is 11.5 Å². The number of nitrogens with one attached hydrogen (secondary N) is 2. The molecule has 0 aliphatic carbocycles. The summed E-state index contributed by atoms with van der Waals surface area (Å²) in [5, 5.41) is 17.6. The van der Waals surface area contributed by atoms with Crippen molar-refractivity contribution < 1.29 is 14.3 Å². The van der Waals surface area contributed by atoms with Crippen molar-refractivity contribution in [1.29, 1.82) is 0 Å². The minimum Gasteiger partial charge on any atom is -0.396 e. The number of hydrogen-bond acceptors (Lipinski definition) is 4. The Morgan fingerprint density at radius 3 is 2.57 bits per heavy atom. The van der Waals surface area contributed by atoms with E-state index in [-0.39, 0.29) is 30.3 Å². The van der Waals surface area contributed by atoms with Crippen molar-refractivity contribution >= 4 is 23.0 Å². The van der Waals surface area contributed by atoms with E-state index >= 15 is 0 Å². The molecule has 0 spiro atoms. The molecular weight excluding hydrogens is 471 g/mol. The number of carbonyl (C=O) groups is 1. The molecule has 0 radical (unpaired) electrons. The highest BCUT2D eigenvalue weighted by Gasteiger charge is 2.25. The first-order valence-corrected chi connectivity index (χ1v) is 11.7. The molecule has 0 aliphatic rings. The highest BCUT2D eigenvalue weighted by molar-refractivity contribution is 6.31. The fourth-order valence-electron chi connectivity index (χ4n) is 4.18. The Balaban J connectivity index is 1.77. The third-order valence-corrected chi connectivity index (χ3v) is 6.35. The van der Waals surface area contributed by atoms with E-state index in [0.29, 0.717) is 38.6 Å². The number of halogens is 2. The van der Waals surface area contributed by atoms with E-state index in [1.807, 2.05) is 26.8 Å². The topological polar surface area (TPSA) is 99.5 Å². The zero-order valence-electron chi connectivity index (χ0n) is 19.6. The Hall–Kier alpha value is -3.49. The molecule has 182 valence electrons. The van der Waals surface area contributed by atoms with Crippen LogP contribution in [0.2, 0.25) is 5.02 Å². The van der Waals surface area contributed by atoms with Gasteiger partial charge in [-0.25, -0.2) is 8.91 Å². The van der Waals surface area contributed by atoms with Crippen molar-refractivity contribution in [3.8, 4) is 11.4 Å². The third kappa shape index (κ3) is 4.99. The molecule has 4 aromatic rings. The smallest absolute Gasteiger partial charge is 0.275 e. The van der Waals surface area contributed by atoms with Crippen LogP contribution in [0.1, 0.15) is 59.3 Å². The van der Waals surface area contributed by atoms with Crippen molar-refractivity contribution in [2.24, 2.45) is 0 Å². The molecule has 2 aromatic heterocycles. The fraction of sp³-hybridized carbons (Fsp3) is 0.269. The van der Waals surface area contributed by atoms with Gasteiger partial charge < -0.3 is 15.4 Å². The van der Waals surface area contributed by atoms with Gasteiger partial charge in [-0.2, -0.15) is 0 Å². The summed E-state index contributed by atoms with van der Waals surface area (Å²) >= 11 is 6.13. The molecule has 0 aliphatic heterocycles. The summed E-state index contributed by atoms with van der Waals surface area (Å²) in [4.78, 5) is 29.3. The Kier molecular flexibility index (Phi) is 7.05. The van der Waals surface area contributed by atoms with E-state index in [1.165, 1.54) is 16.6 Å². The van der Waals surface area contributed by atoms with Gasteiger partial charge in [-0.05, 0) is 60.7 Å². The molecule has 3 N–H and O–H groups in total. The van der Waals surface area contributed by atoms with E-state index in [4.69, 9.17) is 11.6 Å².